The number of aromatic amines is 2. The minimum absolute atomic E-state index is 0.897. The Morgan fingerprint density at radius 2 is 1.81 bits per heavy atom. The Balaban J connectivity index is 1.51. The van der Waals surface area contributed by atoms with Crippen LogP contribution in [-0.2, 0) is 0 Å². The molecule has 6 aromatic rings. The molecule has 31 heavy (non-hydrogen) atoms. The normalized spacial score (nSPS) is 11.5. The van der Waals surface area contributed by atoms with Gasteiger partial charge in [0, 0.05) is 34.2 Å². The average molecular weight is 404 g/mol. The number of pyridine rings is 1. The second-order valence-electron chi connectivity index (χ2n) is 7.89. The Morgan fingerprint density at radius 1 is 0.871 bits per heavy atom. The van der Waals surface area contributed by atoms with Gasteiger partial charge in [-0.05, 0) is 61.9 Å². The van der Waals surface area contributed by atoms with E-state index in [9.17, 15) is 0 Å². The summed E-state index contributed by atoms with van der Waals surface area (Å²) < 4.78 is 2.06. The van der Waals surface area contributed by atoms with Crippen molar-refractivity contribution in [2.45, 2.75) is 13.8 Å². The molecule has 2 N–H and O–H groups in total. The molecule has 6 heteroatoms. The first-order valence-corrected chi connectivity index (χ1v) is 10.2. The molecule has 4 heterocycles. The van der Waals surface area contributed by atoms with E-state index in [4.69, 9.17) is 0 Å². The summed E-state index contributed by atoms with van der Waals surface area (Å²) in [6.45, 7) is 4.08. The molecule has 0 atom stereocenters. The number of aryl methyl sites for hydroxylation is 2. The van der Waals surface area contributed by atoms with Crippen LogP contribution in [0.1, 0.15) is 11.3 Å². The van der Waals surface area contributed by atoms with Gasteiger partial charge in [-0.25, -0.2) is 4.98 Å². The molecule has 2 aromatic carbocycles. The van der Waals surface area contributed by atoms with Crippen molar-refractivity contribution in [2.75, 3.05) is 0 Å². The van der Waals surface area contributed by atoms with Gasteiger partial charge in [0.05, 0.1) is 34.6 Å². The van der Waals surface area contributed by atoms with Crippen LogP contribution in [0.2, 0.25) is 0 Å². The van der Waals surface area contributed by atoms with E-state index in [-0.39, 0.29) is 0 Å². The molecule has 6 rings (SSSR count). The molecular weight excluding hydrogens is 384 g/mol. The lowest BCUT2D eigenvalue weighted by molar-refractivity contribution is 1.07. The first-order valence-electron chi connectivity index (χ1n) is 10.2. The first-order chi connectivity index (χ1) is 15.2. The van der Waals surface area contributed by atoms with Crippen molar-refractivity contribution in [1.82, 2.24) is 29.7 Å². The number of fused-ring (bicyclic) bond motifs is 2. The molecule has 0 aliphatic rings. The molecule has 4 aromatic heterocycles. The highest BCUT2D eigenvalue weighted by Crippen LogP contribution is 2.33. The largest absolute Gasteiger partial charge is 0.353 e. The zero-order chi connectivity index (χ0) is 20.9. The number of nitrogens with zero attached hydrogens (tertiary/aromatic N) is 4. The summed E-state index contributed by atoms with van der Waals surface area (Å²) >= 11 is 0. The lowest BCUT2D eigenvalue weighted by Gasteiger charge is -2.03. The van der Waals surface area contributed by atoms with E-state index in [1.54, 1.807) is 0 Å². The standard InChI is InChI=1S/C25H20N6/c1-15-8-9-26-22(10-15)17-6-7-21-19(11-17)25(30-29-21)23-12-18-20(28-23)4-3-5-24(18)31-13-16(2)27-14-31/h3-14,28H,1-2H3,(H,29,30). The fourth-order valence-corrected chi connectivity index (χ4v) is 4.12. The quantitative estimate of drug-likeness (QED) is 0.404. The average Bonchev–Trinajstić information content (AvgIpc) is 3.50. The molecule has 0 fully saturated rings. The monoisotopic (exact) mass is 404 g/mol. The minimum atomic E-state index is 0.897. The van der Waals surface area contributed by atoms with Crippen LogP contribution in [0.4, 0.5) is 0 Å². The SMILES string of the molecule is Cc1ccnc(-c2ccc3[nH]nc(-c4cc5c(-n6cnc(C)c6)cccc5[nH]4)c3c2)c1. The fourth-order valence-electron chi connectivity index (χ4n) is 4.12. The van der Waals surface area contributed by atoms with Gasteiger partial charge in [-0.1, -0.05) is 12.1 Å². The maximum Gasteiger partial charge on any atom is 0.116 e. The predicted octanol–water partition coefficient (Wildman–Crippen LogP) is 5.58. The highest BCUT2D eigenvalue weighted by atomic mass is 15.1. The number of rotatable bonds is 3. The van der Waals surface area contributed by atoms with Crippen LogP contribution in [0.15, 0.2) is 73.3 Å². The number of imidazole rings is 1. The van der Waals surface area contributed by atoms with Gasteiger partial charge < -0.3 is 9.55 Å². The Bertz CT molecular complexity index is 1570. The molecule has 150 valence electrons. The minimum Gasteiger partial charge on any atom is -0.353 e. The summed E-state index contributed by atoms with van der Waals surface area (Å²) in [4.78, 5) is 12.5. The van der Waals surface area contributed by atoms with Crippen LogP contribution >= 0.6 is 0 Å². The van der Waals surface area contributed by atoms with Crippen molar-refractivity contribution in [3.63, 3.8) is 0 Å². The van der Waals surface area contributed by atoms with Crippen LogP contribution in [0.3, 0.4) is 0 Å². The summed E-state index contributed by atoms with van der Waals surface area (Å²) in [5, 5.41) is 9.98. The molecule has 0 saturated heterocycles. The second kappa shape index (κ2) is 6.67. The lowest BCUT2D eigenvalue weighted by Crippen LogP contribution is -1.89. The van der Waals surface area contributed by atoms with Crippen LogP contribution in [0.5, 0.6) is 0 Å². The Hall–Kier alpha value is -4.19. The maximum absolute atomic E-state index is 4.62. The molecule has 0 saturated carbocycles. The number of aromatic nitrogens is 6. The van der Waals surface area contributed by atoms with E-state index in [0.29, 0.717) is 0 Å². The number of benzene rings is 2. The zero-order valence-corrected chi connectivity index (χ0v) is 17.2. The van der Waals surface area contributed by atoms with E-state index in [2.05, 4.69) is 85.2 Å². The maximum atomic E-state index is 4.62. The Morgan fingerprint density at radius 3 is 2.65 bits per heavy atom. The number of nitrogens with one attached hydrogen (secondary N) is 2. The predicted molar refractivity (Wildman–Crippen MR) is 123 cm³/mol. The van der Waals surface area contributed by atoms with Gasteiger partial charge in [0.2, 0.25) is 0 Å². The van der Waals surface area contributed by atoms with Gasteiger partial charge in [0.1, 0.15) is 5.69 Å². The first kappa shape index (κ1) is 17.7. The van der Waals surface area contributed by atoms with Gasteiger partial charge in [0.25, 0.3) is 0 Å². The summed E-state index contributed by atoms with van der Waals surface area (Å²) in [5.41, 5.74) is 9.23. The van der Waals surface area contributed by atoms with Gasteiger partial charge in [-0.3, -0.25) is 10.1 Å². The molecule has 0 bridgehead atoms. The highest BCUT2D eigenvalue weighted by Gasteiger charge is 2.14. The molecular formula is C25H20N6. The molecule has 0 unspecified atom stereocenters. The number of hydrogen-bond acceptors (Lipinski definition) is 3. The van der Waals surface area contributed by atoms with Crippen LogP contribution < -0.4 is 0 Å². The molecule has 0 spiro atoms. The molecule has 0 aliphatic carbocycles. The summed E-state index contributed by atoms with van der Waals surface area (Å²) in [6.07, 6.45) is 5.73. The molecule has 0 radical (unpaired) electrons. The summed E-state index contributed by atoms with van der Waals surface area (Å²) in [6, 6.07) is 18.8. The Kier molecular flexibility index (Phi) is 3.80. The van der Waals surface area contributed by atoms with Crippen molar-refractivity contribution in [3.05, 3.63) is 84.6 Å². The topological polar surface area (TPSA) is 75.2 Å². The third kappa shape index (κ3) is 2.92. The fraction of sp³-hybridized carbons (Fsp3) is 0.0800. The van der Waals surface area contributed by atoms with Crippen molar-refractivity contribution in [3.8, 4) is 28.3 Å². The van der Waals surface area contributed by atoms with Crippen LogP contribution in [0, 0.1) is 13.8 Å². The van der Waals surface area contributed by atoms with Crippen molar-refractivity contribution in [2.24, 2.45) is 0 Å². The van der Waals surface area contributed by atoms with Gasteiger partial charge >= 0.3 is 0 Å². The zero-order valence-electron chi connectivity index (χ0n) is 17.2. The molecule has 0 amide bonds. The third-order valence-corrected chi connectivity index (χ3v) is 5.66. The van der Waals surface area contributed by atoms with E-state index in [1.807, 2.05) is 31.7 Å². The van der Waals surface area contributed by atoms with Crippen LogP contribution in [-0.4, -0.2) is 29.7 Å². The third-order valence-electron chi connectivity index (χ3n) is 5.66. The van der Waals surface area contributed by atoms with Crippen molar-refractivity contribution >= 4 is 21.8 Å². The number of hydrogen-bond donors (Lipinski definition) is 2. The molecule has 0 aliphatic heterocycles. The van der Waals surface area contributed by atoms with E-state index in [0.717, 1.165) is 55.8 Å². The Labute approximate surface area is 178 Å². The van der Waals surface area contributed by atoms with Gasteiger partial charge in [-0.15, -0.1) is 0 Å². The second-order valence-corrected chi connectivity index (χ2v) is 7.89. The van der Waals surface area contributed by atoms with E-state index < -0.39 is 0 Å². The smallest absolute Gasteiger partial charge is 0.116 e. The lowest BCUT2D eigenvalue weighted by atomic mass is 10.1. The van der Waals surface area contributed by atoms with E-state index in [1.165, 1.54) is 5.56 Å². The van der Waals surface area contributed by atoms with Crippen molar-refractivity contribution < 1.29 is 0 Å². The highest BCUT2D eigenvalue weighted by molar-refractivity contribution is 5.99. The summed E-state index contributed by atoms with van der Waals surface area (Å²) in [5.74, 6) is 0. The van der Waals surface area contributed by atoms with Crippen molar-refractivity contribution in [1.29, 1.82) is 0 Å². The van der Waals surface area contributed by atoms with Gasteiger partial charge in [0.15, 0.2) is 0 Å². The van der Waals surface area contributed by atoms with E-state index >= 15 is 0 Å². The number of H-pyrrole nitrogens is 2. The summed E-state index contributed by atoms with van der Waals surface area (Å²) in [7, 11) is 0. The van der Waals surface area contributed by atoms with Gasteiger partial charge in [-0.2, -0.15) is 5.10 Å². The van der Waals surface area contributed by atoms with Crippen LogP contribution in [0.25, 0.3) is 50.1 Å². The molecule has 6 nitrogen and oxygen atoms in total.